The summed E-state index contributed by atoms with van der Waals surface area (Å²) in [5.74, 6) is 0.482. The Bertz CT molecular complexity index is 1130. The number of amides is 1. The van der Waals surface area contributed by atoms with Crippen LogP contribution in [0, 0.1) is 0 Å². The molecule has 1 heterocycles. The molecule has 8 nitrogen and oxygen atoms in total. The molecule has 0 bridgehead atoms. The van der Waals surface area contributed by atoms with Crippen LogP contribution in [0.1, 0.15) is 22.5 Å². The zero-order valence-corrected chi connectivity index (χ0v) is 18.5. The van der Waals surface area contributed by atoms with Crippen LogP contribution in [-0.4, -0.2) is 56.6 Å². The average molecular weight is 444 g/mol. The second-order valence-electron chi connectivity index (χ2n) is 7.00. The van der Waals surface area contributed by atoms with Gasteiger partial charge in [0.25, 0.3) is 15.9 Å². The number of carbonyl (C=O) groups is 1. The van der Waals surface area contributed by atoms with E-state index in [1.807, 2.05) is 36.4 Å². The highest BCUT2D eigenvalue weighted by Crippen LogP contribution is 2.20. The van der Waals surface area contributed by atoms with Crippen molar-refractivity contribution in [3.63, 3.8) is 0 Å². The van der Waals surface area contributed by atoms with Crippen molar-refractivity contribution in [2.24, 2.45) is 0 Å². The molecule has 0 fully saturated rings. The number of hydrogen-bond acceptors (Lipinski definition) is 6. The van der Waals surface area contributed by atoms with Crippen LogP contribution < -0.4 is 0 Å². The molecule has 1 aromatic heterocycles. The van der Waals surface area contributed by atoms with Gasteiger partial charge in [-0.2, -0.15) is 0 Å². The summed E-state index contributed by atoms with van der Waals surface area (Å²) >= 11 is 0. The highest BCUT2D eigenvalue weighted by atomic mass is 32.2. The van der Waals surface area contributed by atoms with E-state index >= 15 is 0 Å². The van der Waals surface area contributed by atoms with Crippen molar-refractivity contribution >= 4 is 15.9 Å². The van der Waals surface area contributed by atoms with Crippen LogP contribution in [0.25, 0.3) is 11.3 Å². The lowest BCUT2D eigenvalue weighted by atomic mass is 10.1. The van der Waals surface area contributed by atoms with E-state index in [9.17, 15) is 13.2 Å². The molecule has 3 aromatic rings. The fraction of sp³-hybridized carbons (Fsp3) is 0.273. The molecule has 0 unspecified atom stereocenters. The number of rotatable bonds is 9. The lowest BCUT2D eigenvalue weighted by molar-refractivity contribution is -0.0258. The summed E-state index contributed by atoms with van der Waals surface area (Å²) in [5.41, 5.74) is 2.05. The first kappa shape index (κ1) is 22.7. The number of hydroxylamine groups is 1. The van der Waals surface area contributed by atoms with E-state index in [2.05, 4.69) is 5.16 Å². The molecule has 31 heavy (non-hydrogen) atoms. The van der Waals surface area contributed by atoms with Gasteiger partial charge < -0.3 is 9.42 Å². The molecule has 3 rings (SSSR count). The average Bonchev–Trinajstić information content (AvgIpc) is 3.27. The minimum absolute atomic E-state index is 0.00815. The summed E-state index contributed by atoms with van der Waals surface area (Å²) < 4.78 is 30.9. The third-order valence-corrected chi connectivity index (χ3v) is 6.54. The summed E-state index contributed by atoms with van der Waals surface area (Å²) in [7, 11) is 0.414. The number of nitrogens with zero attached hydrogens (tertiary/aromatic N) is 3. The number of benzene rings is 2. The fourth-order valence-corrected chi connectivity index (χ4v) is 4.04. The molecule has 9 heteroatoms. The van der Waals surface area contributed by atoms with Gasteiger partial charge in [0.1, 0.15) is 11.5 Å². The van der Waals surface area contributed by atoms with E-state index in [0.717, 1.165) is 21.5 Å². The Morgan fingerprint density at radius 2 is 1.81 bits per heavy atom. The van der Waals surface area contributed by atoms with Gasteiger partial charge in [-0.15, -0.1) is 0 Å². The number of hydrogen-bond donors (Lipinski definition) is 0. The van der Waals surface area contributed by atoms with E-state index < -0.39 is 10.0 Å². The Morgan fingerprint density at radius 3 is 2.52 bits per heavy atom. The maximum absolute atomic E-state index is 12.7. The fourth-order valence-electron chi connectivity index (χ4n) is 3.02. The van der Waals surface area contributed by atoms with Gasteiger partial charge in [-0.3, -0.25) is 9.63 Å². The van der Waals surface area contributed by atoms with Crippen molar-refractivity contribution in [3.05, 3.63) is 72.0 Å². The van der Waals surface area contributed by atoms with Gasteiger partial charge in [-0.1, -0.05) is 46.0 Å². The molecule has 1 amide bonds. The van der Waals surface area contributed by atoms with Crippen molar-refractivity contribution in [1.29, 1.82) is 0 Å². The van der Waals surface area contributed by atoms with Gasteiger partial charge in [0.2, 0.25) is 0 Å². The number of aromatic nitrogens is 1. The smallest absolute Gasteiger partial charge is 0.264 e. The van der Waals surface area contributed by atoms with Gasteiger partial charge in [0.05, 0.1) is 12.0 Å². The molecule has 2 aromatic carbocycles. The van der Waals surface area contributed by atoms with E-state index in [1.54, 1.807) is 18.0 Å². The minimum Gasteiger partial charge on any atom is -0.361 e. The van der Waals surface area contributed by atoms with Crippen LogP contribution in [-0.2, 0) is 21.3 Å². The third kappa shape index (κ3) is 5.38. The zero-order chi connectivity index (χ0) is 22.4. The highest BCUT2D eigenvalue weighted by Gasteiger charge is 2.22. The monoisotopic (exact) mass is 443 g/mol. The standard InChI is InChI=1S/C22H25N3O5S/c1-24(14-8-12-19-16-21(23-30-19)17-9-5-4-6-10-17)22(26)18-11-7-13-20(15-18)31(27,28)25(2)29-3/h4-7,9-11,13,15-16H,8,12,14H2,1-3H3. The molecule has 164 valence electrons. The normalized spacial score (nSPS) is 11.6. The molecule has 0 saturated carbocycles. The van der Waals surface area contributed by atoms with Gasteiger partial charge in [-0.05, 0) is 24.6 Å². The van der Waals surface area contributed by atoms with Crippen LogP contribution in [0.4, 0.5) is 0 Å². The van der Waals surface area contributed by atoms with Gasteiger partial charge in [-0.25, -0.2) is 8.42 Å². The first-order valence-electron chi connectivity index (χ1n) is 9.72. The summed E-state index contributed by atoms with van der Waals surface area (Å²) in [6, 6.07) is 17.6. The van der Waals surface area contributed by atoms with Crippen LogP contribution in [0.3, 0.4) is 0 Å². The van der Waals surface area contributed by atoms with E-state index in [0.29, 0.717) is 24.9 Å². The predicted octanol–water partition coefficient (Wildman–Crippen LogP) is 3.23. The Balaban J connectivity index is 1.59. The molecule has 0 spiro atoms. The maximum atomic E-state index is 12.7. The topological polar surface area (TPSA) is 93.0 Å². The Hall–Kier alpha value is -3.01. The highest BCUT2D eigenvalue weighted by molar-refractivity contribution is 7.89. The molecule has 0 aliphatic carbocycles. The van der Waals surface area contributed by atoms with Crippen molar-refractivity contribution in [2.75, 3.05) is 27.7 Å². The van der Waals surface area contributed by atoms with E-state index in [-0.39, 0.29) is 10.8 Å². The lowest BCUT2D eigenvalue weighted by Gasteiger charge is -2.18. The Kier molecular flexibility index (Phi) is 7.21. The van der Waals surface area contributed by atoms with Crippen molar-refractivity contribution in [3.8, 4) is 11.3 Å². The first-order valence-corrected chi connectivity index (χ1v) is 11.2. The van der Waals surface area contributed by atoms with Crippen LogP contribution in [0.5, 0.6) is 0 Å². The SMILES string of the molecule is CON(C)S(=O)(=O)c1cccc(C(=O)N(C)CCCc2cc(-c3ccccc3)no2)c1. The number of aryl methyl sites for hydroxylation is 1. The number of sulfonamides is 1. The summed E-state index contributed by atoms with van der Waals surface area (Å²) in [6.07, 6.45) is 1.31. The van der Waals surface area contributed by atoms with Gasteiger partial charge in [0, 0.05) is 44.3 Å². The van der Waals surface area contributed by atoms with Gasteiger partial charge >= 0.3 is 0 Å². The molecule has 0 saturated heterocycles. The molecule has 0 aliphatic heterocycles. The van der Waals surface area contributed by atoms with Crippen LogP contribution in [0.2, 0.25) is 0 Å². The minimum atomic E-state index is -3.82. The lowest BCUT2D eigenvalue weighted by Crippen LogP contribution is -2.29. The van der Waals surface area contributed by atoms with Crippen LogP contribution >= 0.6 is 0 Å². The molecular weight excluding hydrogens is 418 g/mol. The predicted molar refractivity (Wildman–Crippen MR) is 116 cm³/mol. The Morgan fingerprint density at radius 1 is 1.06 bits per heavy atom. The van der Waals surface area contributed by atoms with E-state index in [4.69, 9.17) is 9.36 Å². The molecular formula is C22H25N3O5S. The second-order valence-corrected chi connectivity index (χ2v) is 8.94. The largest absolute Gasteiger partial charge is 0.361 e. The first-order chi connectivity index (χ1) is 14.8. The van der Waals surface area contributed by atoms with Crippen molar-refractivity contribution in [1.82, 2.24) is 14.5 Å². The molecule has 0 aliphatic rings. The van der Waals surface area contributed by atoms with Crippen molar-refractivity contribution < 1.29 is 22.6 Å². The molecule has 0 N–H and O–H groups in total. The molecule has 0 radical (unpaired) electrons. The summed E-state index contributed by atoms with van der Waals surface area (Å²) in [6.45, 7) is 0.481. The van der Waals surface area contributed by atoms with Crippen LogP contribution in [0.15, 0.2) is 70.1 Å². The van der Waals surface area contributed by atoms with E-state index in [1.165, 1.54) is 32.4 Å². The Labute approximate surface area is 182 Å². The molecule has 0 atom stereocenters. The maximum Gasteiger partial charge on any atom is 0.264 e. The third-order valence-electron chi connectivity index (χ3n) is 4.87. The zero-order valence-electron chi connectivity index (χ0n) is 17.7. The quantitative estimate of drug-likeness (QED) is 0.472. The summed E-state index contributed by atoms with van der Waals surface area (Å²) in [5, 5.41) is 4.09. The van der Waals surface area contributed by atoms with Crippen molar-refractivity contribution in [2.45, 2.75) is 17.7 Å². The summed E-state index contributed by atoms with van der Waals surface area (Å²) in [4.78, 5) is 19.1. The van der Waals surface area contributed by atoms with Gasteiger partial charge in [0.15, 0.2) is 0 Å². The second kappa shape index (κ2) is 9.86. The number of carbonyl (C=O) groups excluding carboxylic acids is 1.